The molecule has 8 heteroatoms. The van der Waals surface area contributed by atoms with E-state index >= 15 is 0 Å². The van der Waals surface area contributed by atoms with Gasteiger partial charge >= 0.3 is 0 Å². The Morgan fingerprint density at radius 2 is 1.75 bits per heavy atom. The van der Waals surface area contributed by atoms with Gasteiger partial charge in [-0.15, -0.1) is 22.5 Å². The molecule has 32 heavy (non-hydrogen) atoms. The van der Waals surface area contributed by atoms with Crippen molar-refractivity contribution in [2.75, 3.05) is 26.8 Å². The topological polar surface area (TPSA) is 74.1 Å². The highest BCUT2D eigenvalue weighted by Crippen LogP contribution is 2.40. The zero-order valence-corrected chi connectivity index (χ0v) is 19.2. The molecule has 1 saturated carbocycles. The third kappa shape index (κ3) is 5.59. The van der Waals surface area contributed by atoms with Crippen molar-refractivity contribution in [3.05, 3.63) is 70.3 Å². The Balaban J connectivity index is 0.00000289. The Labute approximate surface area is 195 Å². The molecule has 1 saturated heterocycles. The molecule has 4 rings (SSSR count). The molecule has 2 aromatic rings. The van der Waals surface area contributed by atoms with Crippen molar-refractivity contribution in [1.29, 1.82) is 0 Å². The highest BCUT2D eigenvalue weighted by Gasteiger charge is 2.47. The summed E-state index contributed by atoms with van der Waals surface area (Å²) in [6, 6.07) is 19.0. The zero-order valence-electron chi connectivity index (χ0n) is 18.4. The van der Waals surface area contributed by atoms with E-state index in [4.69, 9.17) is 9.47 Å². The average molecular weight is 463 g/mol. The van der Waals surface area contributed by atoms with Crippen LogP contribution >= 0.6 is 12.4 Å². The third-order valence-electron chi connectivity index (χ3n) is 6.29. The smallest absolute Gasteiger partial charge is 0.294 e. The van der Waals surface area contributed by atoms with Gasteiger partial charge in [0, 0.05) is 11.6 Å². The summed E-state index contributed by atoms with van der Waals surface area (Å²) in [5.74, 6) is -0.892. The molecule has 1 aliphatic heterocycles. The fourth-order valence-electron chi connectivity index (χ4n) is 4.75. The maximum atomic E-state index is 10.4. The van der Waals surface area contributed by atoms with Gasteiger partial charge in [-0.2, -0.15) is 0 Å². The molecule has 174 valence electrons. The van der Waals surface area contributed by atoms with Gasteiger partial charge in [0.1, 0.15) is 0 Å². The van der Waals surface area contributed by atoms with E-state index in [1.165, 1.54) is 6.42 Å². The fourth-order valence-corrected chi connectivity index (χ4v) is 4.75. The molecule has 0 spiro atoms. The van der Waals surface area contributed by atoms with Crippen molar-refractivity contribution < 1.29 is 19.4 Å². The molecular formula is C24H31ClN2O5. The number of likely N-dealkylation sites (N-methyl/N-ethyl adjacent to an activating group) is 1. The van der Waals surface area contributed by atoms with Crippen molar-refractivity contribution in [3.8, 4) is 11.1 Å². The molecule has 2 aromatic carbocycles. The molecule has 0 bridgehead atoms. The van der Waals surface area contributed by atoms with Gasteiger partial charge in [0.05, 0.1) is 25.9 Å². The van der Waals surface area contributed by atoms with Crippen LogP contribution in [-0.2, 0) is 20.1 Å². The van der Waals surface area contributed by atoms with Gasteiger partial charge in [-0.05, 0) is 37.4 Å². The molecule has 0 radical (unpaired) electrons. The van der Waals surface area contributed by atoms with Crippen molar-refractivity contribution >= 4 is 12.4 Å². The van der Waals surface area contributed by atoms with Crippen LogP contribution in [-0.4, -0.2) is 48.9 Å². The average Bonchev–Trinajstić information content (AvgIpc) is 2.79. The Kier molecular flexibility index (Phi) is 8.48. The molecule has 1 aliphatic carbocycles. The van der Waals surface area contributed by atoms with E-state index < -0.39 is 10.9 Å². The summed E-state index contributed by atoms with van der Waals surface area (Å²) in [5.41, 5.74) is 3.27. The molecule has 3 unspecified atom stereocenters. The Morgan fingerprint density at radius 3 is 2.47 bits per heavy atom. The number of nitrogens with zero attached hydrogens (tertiary/aromatic N) is 2. The van der Waals surface area contributed by atoms with Gasteiger partial charge in [-0.3, -0.25) is 4.90 Å². The molecule has 0 N–H and O–H groups in total. The SMILES string of the molecule is CN1CC(OCCCO[N+](=O)[O-])(c2ccc(-c3ccccc3)cc2)OC2CCCCC21.Cl. The first-order valence-corrected chi connectivity index (χ1v) is 11.0. The van der Waals surface area contributed by atoms with Gasteiger partial charge in [-0.25, -0.2) is 0 Å². The second kappa shape index (κ2) is 11.1. The summed E-state index contributed by atoms with van der Waals surface area (Å²) >= 11 is 0. The standard InChI is InChI=1S/C24H30N2O5.ClH/c1-25-18-24(29-16-7-17-30-26(27)28,31-23-11-6-5-10-22(23)25)21-14-12-20(13-15-21)19-8-3-2-4-9-19;/h2-4,8-9,12-15,22-23H,5-7,10-11,16-18H2,1H3;1H. The van der Waals surface area contributed by atoms with Crippen LogP contribution in [0.5, 0.6) is 0 Å². The highest BCUT2D eigenvalue weighted by molar-refractivity contribution is 5.85. The van der Waals surface area contributed by atoms with Crippen LogP contribution in [0.3, 0.4) is 0 Å². The number of hydrogen-bond donors (Lipinski definition) is 0. The minimum Gasteiger partial charge on any atom is -0.345 e. The van der Waals surface area contributed by atoms with Crippen LogP contribution in [0.25, 0.3) is 11.1 Å². The van der Waals surface area contributed by atoms with Crippen LogP contribution in [0.2, 0.25) is 0 Å². The molecule has 1 heterocycles. The van der Waals surface area contributed by atoms with E-state index in [1.54, 1.807) is 0 Å². The predicted octanol–water partition coefficient (Wildman–Crippen LogP) is 4.82. The molecule has 0 aromatic heterocycles. The first-order valence-electron chi connectivity index (χ1n) is 11.0. The molecule has 2 aliphatic rings. The number of morpholine rings is 1. The first-order chi connectivity index (χ1) is 15.1. The van der Waals surface area contributed by atoms with Gasteiger partial charge < -0.3 is 14.3 Å². The molecular weight excluding hydrogens is 432 g/mol. The van der Waals surface area contributed by atoms with E-state index in [0.29, 0.717) is 25.6 Å². The minimum absolute atomic E-state index is 0. The largest absolute Gasteiger partial charge is 0.345 e. The second-order valence-electron chi connectivity index (χ2n) is 8.38. The van der Waals surface area contributed by atoms with E-state index in [0.717, 1.165) is 36.0 Å². The van der Waals surface area contributed by atoms with Crippen molar-refractivity contribution in [2.24, 2.45) is 0 Å². The second-order valence-corrected chi connectivity index (χ2v) is 8.38. The zero-order chi connectivity index (χ0) is 21.7. The predicted molar refractivity (Wildman–Crippen MR) is 124 cm³/mol. The number of halogens is 1. The van der Waals surface area contributed by atoms with Gasteiger partial charge in [0.25, 0.3) is 5.09 Å². The number of fused-ring (bicyclic) bond motifs is 1. The lowest BCUT2D eigenvalue weighted by Crippen LogP contribution is -2.60. The van der Waals surface area contributed by atoms with Crippen LogP contribution in [0.1, 0.15) is 37.7 Å². The van der Waals surface area contributed by atoms with E-state index in [9.17, 15) is 10.1 Å². The fraction of sp³-hybridized carbons (Fsp3) is 0.500. The maximum absolute atomic E-state index is 10.4. The Bertz CT molecular complexity index is 866. The summed E-state index contributed by atoms with van der Waals surface area (Å²) in [6.07, 6.45) is 5.09. The van der Waals surface area contributed by atoms with E-state index in [-0.39, 0.29) is 25.1 Å². The Hall–Kier alpha value is -2.19. The van der Waals surface area contributed by atoms with E-state index in [1.807, 2.05) is 18.2 Å². The molecule has 3 atom stereocenters. The van der Waals surface area contributed by atoms with Crippen LogP contribution in [0.4, 0.5) is 0 Å². The van der Waals surface area contributed by atoms with E-state index in [2.05, 4.69) is 53.2 Å². The minimum atomic E-state index is -0.892. The summed E-state index contributed by atoms with van der Waals surface area (Å²) < 4.78 is 13.0. The van der Waals surface area contributed by atoms with Crippen molar-refractivity contribution in [1.82, 2.24) is 4.90 Å². The number of hydrogen-bond acceptors (Lipinski definition) is 6. The number of ether oxygens (including phenoxy) is 2. The third-order valence-corrected chi connectivity index (χ3v) is 6.29. The summed E-state index contributed by atoms with van der Waals surface area (Å²) in [4.78, 5) is 17.2. The van der Waals surface area contributed by atoms with Crippen LogP contribution in [0.15, 0.2) is 54.6 Å². The van der Waals surface area contributed by atoms with Crippen LogP contribution in [0, 0.1) is 10.1 Å². The lowest BCUT2D eigenvalue weighted by atomic mass is 9.88. The van der Waals surface area contributed by atoms with Gasteiger partial charge in [0.2, 0.25) is 5.79 Å². The summed E-state index contributed by atoms with van der Waals surface area (Å²) in [5, 5.41) is 9.64. The molecule has 0 amide bonds. The molecule has 7 nitrogen and oxygen atoms in total. The summed E-state index contributed by atoms with van der Waals surface area (Å²) in [6.45, 7) is 0.951. The molecule has 2 fully saturated rings. The highest BCUT2D eigenvalue weighted by atomic mass is 35.5. The quantitative estimate of drug-likeness (QED) is 0.318. The maximum Gasteiger partial charge on any atom is 0.294 e. The van der Waals surface area contributed by atoms with Gasteiger partial charge in [-0.1, -0.05) is 67.4 Å². The lowest BCUT2D eigenvalue weighted by Gasteiger charge is -2.51. The number of benzene rings is 2. The monoisotopic (exact) mass is 462 g/mol. The van der Waals surface area contributed by atoms with Crippen LogP contribution < -0.4 is 0 Å². The Morgan fingerprint density at radius 1 is 1.06 bits per heavy atom. The van der Waals surface area contributed by atoms with Crippen molar-refractivity contribution in [3.63, 3.8) is 0 Å². The number of rotatable bonds is 8. The van der Waals surface area contributed by atoms with Crippen molar-refractivity contribution in [2.45, 2.75) is 50.0 Å². The first kappa shape index (κ1) is 24.5. The summed E-state index contributed by atoms with van der Waals surface area (Å²) in [7, 11) is 2.14. The normalized spacial score (nSPS) is 25.4. The van der Waals surface area contributed by atoms with Gasteiger partial charge in [0.15, 0.2) is 0 Å². The lowest BCUT2D eigenvalue weighted by molar-refractivity contribution is -0.757.